The normalized spacial score (nSPS) is 12.0. The highest BCUT2D eigenvalue weighted by molar-refractivity contribution is 9.10. The van der Waals surface area contributed by atoms with Gasteiger partial charge in [0.2, 0.25) is 0 Å². The Morgan fingerprint density at radius 1 is 1.23 bits per heavy atom. The summed E-state index contributed by atoms with van der Waals surface area (Å²) in [6, 6.07) is 5.99. The van der Waals surface area contributed by atoms with Gasteiger partial charge in [-0.15, -0.1) is 22.7 Å². The van der Waals surface area contributed by atoms with Crippen molar-refractivity contribution in [1.29, 1.82) is 5.26 Å². The Morgan fingerprint density at radius 2 is 1.82 bits per heavy atom. The molecule has 0 aliphatic carbocycles. The zero-order valence-electron chi connectivity index (χ0n) is 12.3. The Morgan fingerprint density at radius 3 is 2.14 bits per heavy atom. The Labute approximate surface area is 156 Å². The van der Waals surface area contributed by atoms with Crippen LogP contribution in [0.4, 0.5) is 0 Å². The van der Waals surface area contributed by atoms with Crippen LogP contribution in [0.25, 0.3) is 0 Å². The Hall–Kier alpha value is -0.303. The molecule has 0 saturated heterocycles. The monoisotopic (exact) mass is 479 g/mol. The molecule has 0 amide bonds. The van der Waals surface area contributed by atoms with E-state index in [9.17, 15) is 4.79 Å². The van der Waals surface area contributed by atoms with Crippen molar-refractivity contribution in [2.75, 3.05) is 0 Å². The fourth-order valence-corrected chi connectivity index (χ4v) is 5.16. The number of aldehydes is 1. The summed E-state index contributed by atoms with van der Waals surface area (Å²) in [5.74, 6) is 0. The van der Waals surface area contributed by atoms with Crippen LogP contribution < -0.4 is 0 Å². The van der Waals surface area contributed by atoms with Gasteiger partial charge in [0.15, 0.2) is 20.7 Å². The molecule has 0 aliphatic rings. The van der Waals surface area contributed by atoms with E-state index < -0.39 is 14.4 Å². The average molecular weight is 481 g/mol. The number of hydrogen-bond donors (Lipinski definition) is 0. The summed E-state index contributed by atoms with van der Waals surface area (Å²) >= 11 is 9.60. The van der Waals surface area contributed by atoms with Gasteiger partial charge in [-0.05, 0) is 74.4 Å². The molecule has 0 aliphatic heterocycles. The van der Waals surface area contributed by atoms with Crippen LogP contribution in [0.1, 0.15) is 20.7 Å². The quantitative estimate of drug-likeness (QED) is 0.383. The molecule has 0 fully saturated rings. The van der Waals surface area contributed by atoms with Crippen LogP contribution in [0.15, 0.2) is 31.8 Å². The third-order valence-electron chi connectivity index (χ3n) is 2.22. The number of nitriles is 1. The van der Waals surface area contributed by atoms with Crippen molar-refractivity contribution in [1.82, 2.24) is 0 Å². The lowest BCUT2D eigenvalue weighted by Gasteiger charge is -2.21. The van der Waals surface area contributed by atoms with Crippen LogP contribution in [0.3, 0.4) is 0 Å². The summed E-state index contributed by atoms with van der Waals surface area (Å²) in [4.78, 5) is 11.8. The average Bonchev–Trinajstić information content (AvgIpc) is 3.04. The largest absolute Gasteiger partial charge is 0.398 e. The van der Waals surface area contributed by atoms with Gasteiger partial charge in [-0.25, -0.2) is 0 Å². The summed E-state index contributed by atoms with van der Waals surface area (Å²) in [5.41, 5.74) is 0. The lowest BCUT2D eigenvalue weighted by atomic mass is 10.3. The number of hydrogen-bond acceptors (Lipinski definition) is 5. The van der Waals surface area contributed by atoms with E-state index in [1.165, 1.54) is 11.3 Å². The van der Waals surface area contributed by atoms with Crippen LogP contribution in [0, 0.1) is 11.3 Å². The smallest absolute Gasteiger partial charge is 0.186 e. The maximum Gasteiger partial charge on any atom is 0.186 e. The maximum atomic E-state index is 10.1. The van der Waals surface area contributed by atoms with E-state index in [2.05, 4.69) is 57.6 Å². The van der Waals surface area contributed by atoms with E-state index in [-0.39, 0.29) is 0 Å². The van der Waals surface area contributed by atoms with E-state index in [0.717, 1.165) is 25.0 Å². The molecule has 2 rings (SSSR count). The molecule has 1 atom stereocenters. The topological polar surface area (TPSA) is 50.1 Å². The van der Waals surface area contributed by atoms with Crippen LogP contribution >= 0.6 is 54.5 Å². The molecular weight excluding hydrogens is 466 g/mol. The fraction of sp³-hybridized carbons (Fsp3) is 0.286. The van der Waals surface area contributed by atoms with E-state index in [1.54, 1.807) is 11.3 Å². The highest BCUT2D eigenvalue weighted by Crippen LogP contribution is 2.32. The van der Waals surface area contributed by atoms with Gasteiger partial charge in [0.25, 0.3) is 0 Å². The summed E-state index contributed by atoms with van der Waals surface area (Å²) in [7, 11) is -1.66. The van der Waals surface area contributed by atoms with E-state index in [1.807, 2.05) is 22.9 Å². The molecule has 8 heteroatoms. The predicted octanol–water partition coefficient (Wildman–Crippen LogP) is 6.25. The van der Waals surface area contributed by atoms with Gasteiger partial charge in [0, 0.05) is 8.95 Å². The molecule has 0 N–H and O–H groups in total. The molecule has 2 aromatic heterocycles. The highest BCUT2D eigenvalue weighted by atomic mass is 79.9. The Bertz CT molecular complexity index is 658. The number of halogens is 2. The lowest BCUT2D eigenvalue weighted by molar-refractivity contribution is 0.112. The van der Waals surface area contributed by atoms with E-state index >= 15 is 0 Å². The fourth-order valence-electron chi connectivity index (χ4n) is 1.37. The molecule has 0 bridgehead atoms. The van der Waals surface area contributed by atoms with Crippen molar-refractivity contribution in [2.24, 2.45) is 0 Å². The summed E-state index contributed by atoms with van der Waals surface area (Å²) < 4.78 is 7.62. The number of carbonyl (C=O) groups is 1. The number of rotatable bonds is 4. The zero-order valence-corrected chi connectivity index (χ0v) is 18.1. The van der Waals surface area contributed by atoms with Crippen molar-refractivity contribution >= 4 is 69.1 Å². The van der Waals surface area contributed by atoms with Gasteiger partial charge < -0.3 is 4.43 Å². The summed E-state index contributed by atoms with van der Waals surface area (Å²) in [6.45, 7) is 6.25. The van der Waals surface area contributed by atoms with Gasteiger partial charge in [0.1, 0.15) is 0 Å². The zero-order chi connectivity index (χ0) is 16.8. The minimum atomic E-state index is -1.66. The summed E-state index contributed by atoms with van der Waals surface area (Å²) in [6.07, 6.45) is 0.422. The first-order valence-electron chi connectivity index (χ1n) is 6.27. The molecule has 2 heterocycles. The second-order valence-electron chi connectivity index (χ2n) is 5.12. The van der Waals surface area contributed by atoms with Crippen molar-refractivity contribution in [3.05, 3.63) is 41.6 Å². The van der Waals surface area contributed by atoms with Crippen LogP contribution in [0.2, 0.25) is 19.6 Å². The first-order valence-corrected chi connectivity index (χ1v) is 13.0. The van der Waals surface area contributed by atoms with Crippen molar-refractivity contribution < 1.29 is 9.22 Å². The SMILES string of the molecule is C[Si](C)(C)OC(C#N)c1sccc1Br.O=Cc1sccc1Br. The van der Waals surface area contributed by atoms with Crippen molar-refractivity contribution in [2.45, 2.75) is 25.7 Å². The van der Waals surface area contributed by atoms with Gasteiger partial charge in [-0.3, -0.25) is 4.79 Å². The standard InChI is InChI=1S/C9H12BrNOSSi.C5H3BrOS/c1-14(2,3)12-8(6-11)9-7(10)4-5-13-9;6-4-1-2-8-5(4)3-7/h4-5,8H,1-3H3;1-3H. The number of carbonyl (C=O) groups excluding carboxylic acids is 1. The maximum absolute atomic E-state index is 10.1. The first kappa shape index (κ1) is 19.7. The molecule has 3 nitrogen and oxygen atoms in total. The first-order chi connectivity index (χ1) is 10.3. The predicted molar refractivity (Wildman–Crippen MR) is 102 cm³/mol. The molecule has 0 radical (unpaired) electrons. The minimum Gasteiger partial charge on any atom is -0.398 e. The van der Waals surface area contributed by atoms with Crippen LogP contribution in [0.5, 0.6) is 0 Å². The molecule has 1 unspecified atom stereocenters. The third kappa shape index (κ3) is 6.44. The molecule has 118 valence electrons. The molecule has 0 saturated carbocycles. The number of thiophene rings is 2. The van der Waals surface area contributed by atoms with Crippen molar-refractivity contribution in [3.63, 3.8) is 0 Å². The molecular formula is C14H15Br2NO2S2Si. The molecule has 0 aromatic carbocycles. The Kier molecular flexibility index (Phi) is 8.17. The van der Waals surface area contributed by atoms with Crippen LogP contribution in [-0.2, 0) is 4.43 Å². The molecule has 0 spiro atoms. The Balaban J connectivity index is 0.000000255. The van der Waals surface area contributed by atoms with Crippen LogP contribution in [-0.4, -0.2) is 14.6 Å². The lowest BCUT2D eigenvalue weighted by Crippen LogP contribution is -2.27. The second-order valence-corrected chi connectivity index (χ2v) is 13.2. The van der Waals surface area contributed by atoms with Gasteiger partial charge in [0.05, 0.1) is 15.8 Å². The van der Waals surface area contributed by atoms with Gasteiger partial charge >= 0.3 is 0 Å². The van der Waals surface area contributed by atoms with Gasteiger partial charge in [-0.1, -0.05) is 0 Å². The molecule has 22 heavy (non-hydrogen) atoms. The van der Waals surface area contributed by atoms with Crippen molar-refractivity contribution in [3.8, 4) is 6.07 Å². The van der Waals surface area contributed by atoms with E-state index in [4.69, 9.17) is 9.69 Å². The second kappa shape index (κ2) is 9.10. The third-order valence-corrected chi connectivity index (χ3v) is 6.88. The molecule has 2 aromatic rings. The number of nitrogens with zero attached hydrogens (tertiary/aromatic N) is 1. The van der Waals surface area contributed by atoms with E-state index in [0.29, 0.717) is 0 Å². The van der Waals surface area contributed by atoms with Gasteiger partial charge in [-0.2, -0.15) is 5.26 Å². The summed E-state index contributed by atoms with van der Waals surface area (Å²) in [5, 5.41) is 12.8. The highest BCUT2D eigenvalue weighted by Gasteiger charge is 2.24. The minimum absolute atomic E-state index is 0.420.